The molecule has 2 nitrogen and oxygen atoms in total. The van der Waals surface area contributed by atoms with Crippen molar-refractivity contribution >= 4 is 29.3 Å². The van der Waals surface area contributed by atoms with Gasteiger partial charge in [0, 0.05) is 10.6 Å². The van der Waals surface area contributed by atoms with Crippen LogP contribution in [-0.2, 0) is 11.2 Å². The molecule has 0 amide bonds. The van der Waals surface area contributed by atoms with E-state index in [1.54, 1.807) is 11.8 Å². The molecule has 0 fully saturated rings. The Morgan fingerprint density at radius 3 is 3.00 bits per heavy atom. The van der Waals surface area contributed by atoms with Crippen molar-refractivity contribution in [3.8, 4) is 0 Å². The Morgan fingerprint density at radius 1 is 1.62 bits per heavy atom. The normalized spacial score (nSPS) is 18.3. The second kappa shape index (κ2) is 4.68. The van der Waals surface area contributed by atoms with Crippen molar-refractivity contribution in [2.24, 2.45) is 0 Å². The second-order valence-electron chi connectivity index (χ2n) is 3.67. The molecule has 0 aliphatic carbocycles. The maximum Gasteiger partial charge on any atom is 0.338 e. The highest BCUT2D eigenvalue weighted by molar-refractivity contribution is 7.99. The predicted molar refractivity (Wildman–Crippen MR) is 66.5 cm³/mol. The zero-order chi connectivity index (χ0) is 11.7. The van der Waals surface area contributed by atoms with Gasteiger partial charge in [0.15, 0.2) is 0 Å². The maximum absolute atomic E-state index is 11.6. The van der Waals surface area contributed by atoms with Gasteiger partial charge in [-0.15, -0.1) is 23.4 Å². The smallest absolute Gasteiger partial charge is 0.338 e. The van der Waals surface area contributed by atoms with Gasteiger partial charge in [0.05, 0.1) is 18.1 Å². The van der Waals surface area contributed by atoms with E-state index in [0.29, 0.717) is 5.56 Å². The number of halogens is 1. The average Bonchev–Trinajstić information content (AvgIpc) is 2.68. The zero-order valence-corrected chi connectivity index (χ0v) is 10.8. The third-order valence-corrected chi connectivity index (χ3v) is 4.48. The summed E-state index contributed by atoms with van der Waals surface area (Å²) in [6.07, 6.45) is 0.811. The average molecular weight is 257 g/mol. The number of hydrogen-bond acceptors (Lipinski definition) is 3. The van der Waals surface area contributed by atoms with Gasteiger partial charge in [0.1, 0.15) is 0 Å². The molecule has 0 N–H and O–H groups in total. The van der Waals surface area contributed by atoms with Crippen molar-refractivity contribution in [2.45, 2.75) is 23.6 Å². The lowest BCUT2D eigenvalue weighted by Crippen LogP contribution is -2.06. The van der Waals surface area contributed by atoms with Gasteiger partial charge in [0.2, 0.25) is 0 Å². The van der Waals surface area contributed by atoms with Gasteiger partial charge >= 0.3 is 5.97 Å². The predicted octanol–water partition coefficient (Wildman–Crippen LogP) is 3.42. The molecule has 4 heteroatoms. The van der Waals surface area contributed by atoms with Gasteiger partial charge in [0.25, 0.3) is 0 Å². The molecule has 0 spiro atoms. The number of benzene rings is 1. The Labute approximate surface area is 104 Å². The van der Waals surface area contributed by atoms with Crippen molar-refractivity contribution in [3.05, 3.63) is 28.8 Å². The van der Waals surface area contributed by atoms with E-state index >= 15 is 0 Å². The number of esters is 1. The second-order valence-corrected chi connectivity index (χ2v) is 5.26. The third kappa shape index (κ3) is 1.94. The Bertz CT molecular complexity index is 431. The van der Waals surface area contributed by atoms with E-state index in [4.69, 9.17) is 16.3 Å². The lowest BCUT2D eigenvalue weighted by molar-refractivity contribution is 0.0599. The quantitative estimate of drug-likeness (QED) is 0.599. The van der Waals surface area contributed by atoms with Crippen molar-refractivity contribution in [1.82, 2.24) is 0 Å². The largest absolute Gasteiger partial charge is 0.465 e. The fourth-order valence-corrected chi connectivity index (χ4v) is 3.37. The van der Waals surface area contributed by atoms with Crippen LogP contribution < -0.4 is 0 Å². The molecule has 1 aromatic rings. The SMILES string of the molecule is CCc1cc2c(cc1C(=O)OC)SCC2Cl. The molecule has 0 saturated heterocycles. The third-order valence-electron chi connectivity index (χ3n) is 2.74. The van der Waals surface area contributed by atoms with Crippen LogP contribution in [0.1, 0.15) is 33.8 Å². The first-order valence-electron chi connectivity index (χ1n) is 5.19. The number of alkyl halides is 1. The van der Waals surface area contributed by atoms with E-state index in [9.17, 15) is 4.79 Å². The molecular weight excluding hydrogens is 244 g/mol. The fraction of sp³-hybridized carbons (Fsp3) is 0.417. The topological polar surface area (TPSA) is 26.3 Å². The number of thioether (sulfide) groups is 1. The number of hydrogen-bond donors (Lipinski definition) is 0. The molecule has 0 radical (unpaired) electrons. The number of ether oxygens (including phenoxy) is 1. The molecule has 1 heterocycles. The highest BCUT2D eigenvalue weighted by Crippen LogP contribution is 2.43. The van der Waals surface area contributed by atoms with Crippen LogP contribution in [-0.4, -0.2) is 18.8 Å². The first-order chi connectivity index (χ1) is 7.67. The summed E-state index contributed by atoms with van der Waals surface area (Å²) in [6, 6.07) is 3.95. The Kier molecular flexibility index (Phi) is 3.45. The number of rotatable bonds is 2. The summed E-state index contributed by atoms with van der Waals surface area (Å²) in [4.78, 5) is 12.7. The van der Waals surface area contributed by atoms with E-state index in [-0.39, 0.29) is 11.3 Å². The number of carbonyl (C=O) groups excluding carboxylic acids is 1. The summed E-state index contributed by atoms with van der Waals surface area (Å²) in [7, 11) is 1.41. The summed E-state index contributed by atoms with van der Waals surface area (Å²) in [5, 5.41) is 0.0667. The minimum atomic E-state index is -0.265. The molecule has 1 atom stereocenters. The Morgan fingerprint density at radius 2 is 2.38 bits per heavy atom. The van der Waals surface area contributed by atoms with Crippen LogP contribution in [0.5, 0.6) is 0 Å². The summed E-state index contributed by atoms with van der Waals surface area (Å²) in [6.45, 7) is 2.03. The standard InChI is InChI=1S/C12H13ClO2S/c1-3-7-4-9-10(13)6-16-11(9)5-8(7)12(14)15-2/h4-5,10H,3,6H2,1-2H3. The van der Waals surface area contributed by atoms with Crippen molar-refractivity contribution < 1.29 is 9.53 Å². The molecular formula is C12H13ClO2S. The Balaban J connectivity index is 2.51. The summed E-state index contributed by atoms with van der Waals surface area (Å²) < 4.78 is 4.78. The first-order valence-corrected chi connectivity index (χ1v) is 6.61. The molecule has 86 valence electrons. The number of fused-ring (bicyclic) bond motifs is 1. The van der Waals surface area contributed by atoms with E-state index < -0.39 is 0 Å². The minimum Gasteiger partial charge on any atom is -0.465 e. The van der Waals surface area contributed by atoms with Crippen LogP contribution in [0.2, 0.25) is 0 Å². The van der Waals surface area contributed by atoms with Crippen molar-refractivity contribution in [3.63, 3.8) is 0 Å². The van der Waals surface area contributed by atoms with Crippen LogP contribution in [0, 0.1) is 0 Å². The summed E-state index contributed by atoms with van der Waals surface area (Å²) in [5.41, 5.74) is 2.83. The molecule has 2 rings (SSSR count). The number of aryl methyl sites for hydroxylation is 1. The summed E-state index contributed by atoms with van der Waals surface area (Å²) in [5.74, 6) is 0.614. The van der Waals surface area contributed by atoms with Gasteiger partial charge in [-0.05, 0) is 23.6 Å². The monoisotopic (exact) mass is 256 g/mol. The van der Waals surface area contributed by atoms with E-state index in [0.717, 1.165) is 28.2 Å². The molecule has 1 aliphatic heterocycles. The van der Waals surface area contributed by atoms with Gasteiger partial charge < -0.3 is 4.74 Å². The van der Waals surface area contributed by atoms with Gasteiger partial charge in [-0.3, -0.25) is 0 Å². The van der Waals surface area contributed by atoms with Crippen LogP contribution in [0.15, 0.2) is 17.0 Å². The van der Waals surface area contributed by atoms with E-state index in [1.165, 1.54) is 7.11 Å². The molecule has 1 unspecified atom stereocenters. The number of carbonyl (C=O) groups is 1. The van der Waals surface area contributed by atoms with Gasteiger partial charge in [-0.25, -0.2) is 4.79 Å². The first kappa shape index (κ1) is 11.8. The zero-order valence-electron chi connectivity index (χ0n) is 9.25. The Hall–Kier alpha value is -0.670. The maximum atomic E-state index is 11.6. The van der Waals surface area contributed by atoms with Gasteiger partial charge in [-0.2, -0.15) is 0 Å². The molecule has 1 aliphatic rings. The van der Waals surface area contributed by atoms with E-state index in [2.05, 4.69) is 0 Å². The molecule has 0 bridgehead atoms. The van der Waals surface area contributed by atoms with Crippen molar-refractivity contribution in [1.29, 1.82) is 0 Å². The fourth-order valence-electron chi connectivity index (χ4n) is 1.86. The highest BCUT2D eigenvalue weighted by atomic mass is 35.5. The molecule has 0 saturated carbocycles. The van der Waals surface area contributed by atoms with Crippen LogP contribution in [0.4, 0.5) is 0 Å². The van der Waals surface area contributed by atoms with Crippen LogP contribution >= 0.6 is 23.4 Å². The highest BCUT2D eigenvalue weighted by Gasteiger charge is 2.24. The summed E-state index contributed by atoms with van der Waals surface area (Å²) >= 11 is 7.90. The van der Waals surface area contributed by atoms with E-state index in [1.807, 2.05) is 19.1 Å². The molecule has 0 aromatic heterocycles. The lowest BCUT2D eigenvalue weighted by atomic mass is 10.0. The van der Waals surface area contributed by atoms with Gasteiger partial charge in [-0.1, -0.05) is 13.0 Å². The molecule has 16 heavy (non-hydrogen) atoms. The van der Waals surface area contributed by atoms with Crippen LogP contribution in [0.3, 0.4) is 0 Å². The lowest BCUT2D eigenvalue weighted by Gasteiger charge is -2.10. The number of methoxy groups -OCH3 is 1. The van der Waals surface area contributed by atoms with Crippen molar-refractivity contribution in [2.75, 3.05) is 12.9 Å². The minimum absolute atomic E-state index is 0.0667. The van der Waals surface area contributed by atoms with Crippen LogP contribution in [0.25, 0.3) is 0 Å². The molecule has 1 aromatic carbocycles.